The van der Waals surface area contributed by atoms with E-state index >= 15 is 0 Å². The standard InChI is InChI=1S/C42H88N10/c1-5-43(6-2)25-27-49(33-29-45-17-9-10-18-45)37-41-52(36-32-48-23-15-16-24-48)42-39-50(28-26-44(7-3)8-4)38-40-51(34-30-46-19-11-12-20-46)35-31-47-21-13-14-22-47/h5-42H2,1-4H3. The Hall–Kier alpha value is -0.400. The molecule has 10 nitrogen and oxygen atoms in total. The third kappa shape index (κ3) is 18.0. The van der Waals surface area contributed by atoms with Crippen LogP contribution in [0.25, 0.3) is 0 Å². The lowest BCUT2D eigenvalue weighted by Crippen LogP contribution is -2.47. The second kappa shape index (κ2) is 27.2. The zero-order valence-corrected chi connectivity index (χ0v) is 35.3. The topological polar surface area (TPSA) is 32.4 Å². The predicted octanol–water partition coefficient (Wildman–Crippen LogP) is 3.26. The van der Waals surface area contributed by atoms with E-state index in [2.05, 4.69) is 76.7 Å². The van der Waals surface area contributed by atoms with Crippen LogP contribution in [0.15, 0.2) is 0 Å². The molecular weight excluding hydrogens is 645 g/mol. The molecule has 0 spiro atoms. The van der Waals surface area contributed by atoms with Crippen molar-refractivity contribution in [2.45, 2.75) is 79.1 Å². The number of hydrogen-bond acceptors (Lipinski definition) is 10. The normalized spacial score (nSPS) is 20.0. The summed E-state index contributed by atoms with van der Waals surface area (Å²) in [5, 5.41) is 0. The summed E-state index contributed by atoms with van der Waals surface area (Å²) < 4.78 is 0. The van der Waals surface area contributed by atoms with Crippen molar-refractivity contribution in [3.05, 3.63) is 0 Å². The van der Waals surface area contributed by atoms with E-state index in [4.69, 9.17) is 0 Å². The fraction of sp³-hybridized carbons (Fsp3) is 1.00. The van der Waals surface area contributed by atoms with Crippen LogP contribution in [0.1, 0.15) is 79.1 Å². The molecule has 0 saturated carbocycles. The average Bonchev–Trinajstić information content (AvgIpc) is 4.02. The SMILES string of the molecule is CCN(CC)CCN(CCN1CCCC1)CCN(CCN1CCCC1)CCN(CCN(CC)CC)CCN(CCN1CCCC1)CCN1CCCC1. The first-order valence-electron chi connectivity index (χ1n) is 22.8. The van der Waals surface area contributed by atoms with Crippen LogP contribution in [-0.4, -0.2) is 245 Å². The van der Waals surface area contributed by atoms with Gasteiger partial charge in [-0.3, -0.25) is 19.6 Å². The average molecular weight is 733 g/mol. The Morgan fingerprint density at radius 2 is 0.423 bits per heavy atom. The van der Waals surface area contributed by atoms with E-state index < -0.39 is 0 Å². The van der Waals surface area contributed by atoms with Gasteiger partial charge in [0.25, 0.3) is 0 Å². The van der Waals surface area contributed by atoms with Crippen LogP contribution in [-0.2, 0) is 0 Å². The Morgan fingerprint density at radius 1 is 0.250 bits per heavy atom. The smallest absolute Gasteiger partial charge is 0.0110 e. The van der Waals surface area contributed by atoms with Gasteiger partial charge in [-0.2, -0.15) is 0 Å². The van der Waals surface area contributed by atoms with Gasteiger partial charge in [0.15, 0.2) is 0 Å². The number of nitrogens with zero attached hydrogens (tertiary/aromatic N) is 10. The highest BCUT2D eigenvalue weighted by molar-refractivity contribution is 4.77. The summed E-state index contributed by atoms with van der Waals surface area (Å²) in [4.78, 5) is 27.5. The summed E-state index contributed by atoms with van der Waals surface area (Å²) in [5.41, 5.74) is 0. The predicted molar refractivity (Wildman–Crippen MR) is 224 cm³/mol. The van der Waals surface area contributed by atoms with E-state index in [0.29, 0.717) is 0 Å². The Bertz CT molecular complexity index is 757. The van der Waals surface area contributed by atoms with Crippen LogP contribution >= 0.6 is 0 Å². The summed E-state index contributed by atoms with van der Waals surface area (Å²) in [7, 11) is 0. The Balaban J connectivity index is 1.36. The lowest BCUT2D eigenvalue weighted by molar-refractivity contribution is 0.130. The van der Waals surface area contributed by atoms with Gasteiger partial charge in [0.1, 0.15) is 0 Å². The van der Waals surface area contributed by atoms with Crippen molar-refractivity contribution in [1.29, 1.82) is 0 Å². The second-order valence-electron chi connectivity index (χ2n) is 16.6. The largest absolute Gasteiger partial charge is 0.303 e. The van der Waals surface area contributed by atoms with E-state index in [1.54, 1.807) is 0 Å². The molecule has 4 aliphatic heterocycles. The number of rotatable bonds is 31. The summed E-state index contributed by atoms with van der Waals surface area (Å²) in [5.74, 6) is 0. The first-order valence-corrected chi connectivity index (χ1v) is 22.8. The number of likely N-dealkylation sites (N-methyl/N-ethyl adjacent to an activating group) is 2. The van der Waals surface area contributed by atoms with Crippen LogP contribution in [0.4, 0.5) is 0 Å². The van der Waals surface area contributed by atoms with E-state index in [-0.39, 0.29) is 0 Å². The van der Waals surface area contributed by atoms with Gasteiger partial charge in [-0.15, -0.1) is 0 Å². The van der Waals surface area contributed by atoms with E-state index in [1.165, 1.54) is 222 Å². The molecule has 4 aliphatic rings. The molecule has 0 aromatic rings. The van der Waals surface area contributed by atoms with Crippen molar-refractivity contribution in [2.24, 2.45) is 0 Å². The van der Waals surface area contributed by atoms with E-state index in [0.717, 1.165) is 26.2 Å². The summed E-state index contributed by atoms with van der Waals surface area (Å²) >= 11 is 0. The van der Waals surface area contributed by atoms with E-state index in [9.17, 15) is 0 Å². The molecule has 4 heterocycles. The molecule has 0 N–H and O–H groups in total. The molecule has 0 bridgehead atoms. The fourth-order valence-electron chi connectivity index (χ4n) is 8.99. The molecule has 4 rings (SSSR count). The number of likely N-dealkylation sites (tertiary alicyclic amines) is 4. The van der Waals surface area contributed by atoms with Gasteiger partial charge in [-0.05, 0) is 130 Å². The molecule has 4 saturated heterocycles. The first-order chi connectivity index (χ1) is 25.6. The third-order valence-corrected chi connectivity index (χ3v) is 13.2. The maximum atomic E-state index is 2.86. The van der Waals surface area contributed by atoms with Gasteiger partial charge in [0, 0.05) is 118 Å². The molecule has 0 aromatic heterocycles. The maximum Gasteiger partial charge on any atom is 0.0110 e. The van der Waals surface area contributed by atoms with Gasteiger partial charge in [-0.1, -0.05) is 27.7 Å². The van der Waals surface area contributed by atoms with Crippen molar-refractivity contribution in [3.63, 3.8) is 0 Å². The second-order valence-corrected chi connectivity index (χ2v) is 16.6. The molecule has 10 heteroatoms. The molecule has 0 aromatic carbocycles. The van der Waals surface area contributed by atoms with E-state index in [1.807, 2.05) is 0 Å². The zero-order chi connectivity index (χ0) is 36.6. The highest BCUT2D eigenvalue weighted by atomic mass is 15.3. The van der Waals surface area contributed by atoms with Gasteiger partial charge in [-0.25, -0.2) is 0 Å². The molecule has 4 fully saturated rings. The van der Waals surface area contributed by atoms with Crippen molar-refractivity contribution < 1.29 is 0 Å². The molecule has 0 unspecified atom stereocenters. The molecule has 0 amide bonds. The summed E-state index contributed by atoms with van der Waals surface area (Å²) in [6.45, 7) is 46.4. The molecule has 306 valence electrons. The minimum absolute atomic E-state index is 1.16. The Morgan fingerprint density at radius 3 is 0.635 bits per heavy atom. The lowest BCUT2D eigenvalue weighted by atomic mass is 10.3. The number of hydrogen-bond donors (Lipinski definition) is 0. The van der Waals surface area contributed by atoms with Crippen LogP contribution in [0.5, 0.6) is 0 Å². The lowest BCUT2D eigenvalue weighted by Gasteiger charge is -2.34. The Kier molecular flexibility index (Phi) is 23.2. The van der Waals surface area contributed by atoms with Crippen molar-refractivity contribution >= 4 is 0 Å². The first kappa shape index (κ1) is 44.3. The summed E-state index contributed by atoms with van der Waals surface area (Å²) in [6, 6.07) is 0. The Labute approximate surface area is 323 Å². The van der Waals surface area contributed by atoms with Crippen molar-refractivity contribution in [3.8, 4) is 0 Å². The van der Waals surface area contributed by atoms with Gasteiger partial charge < -0.3 is 29.4 Å². The molecule has 52 heavy (non-hydrogen) atoms. The van der Waals surface area contributed by atoms with Gasteiger partial charge >= 0.3 is 0 Å². The molecule has 0 atom stereocenters. The van der Waals surface area contributed by atoms with Crippen molar-refractivity contribution in [2.75, 3.05) is 196 Å². The summed E-state index contributed by atoms with van der Waals surface area (Å²) in [6.07, 6.45) is 11.1. The van der Waals surface area contributed by atoms with Crippen LogP contribution in [0.3, 0.4) is 0 Å². The maximum absolute atomic E-state index is 2.86. The third-order valence-electron chi connectivity index (χ3n) is 13.2. The quantitative estimate of drug-likeness (QED) is 0.106. The molecule has 0 aliphatic carbocycles. The van der Waals surface area contributed by atoms with Crippen molar-refractivity contribution in [1.82, 2.24) is 49.0 Å². The van der Waals surface area contributed by atoms with Gasteiger partial charge in [0.05, 0.1) is 0 Å². The molecule has 0 radical (unpaired) electrons. The minimum Gasteiger partial charge on any atom is -0.303 e. The zero-order valence-electron chi connectivity index (χ0n) is 35.3. The van der Waals surface area contributed by atoms with Crippen LogP contribution < -0.4 is 0 Å². The van der Waals surface area contributed by atoms with Crippen LogP contribution in [0, 0.1) is 0 Å². The van der Waals surface area contributed by atoms with Gasteiger partial charge in [0.2, 0.25) is 0 Å². The fourth-order valence-corrected chi connectivity index (χ4v) is 8.99. The minimum atomic E-state index is 1.16. The monoisotopic (exact) mass is 733 g/mol. The molecular formula is C42H88N10. The van der Waals surface area contributed by atoms with Crippen LogP contribution in [0.2, 0.25) is 0 Å². The highest BCUT2D eigenvalue weighted by Gasteiger charge is 2.20. The highest BCUT2D eigenvalue weighted by Crippen LogP contribution is 2.11.